The molecule has 0 aliphatic heterocycles. The van der Waals surface area contributed by atoms with Gasteiger partial charge in [-0.25, -0.2) is 0 Å². The molecule has 0 aromatic heterocycles. The van der Waals surface area contributed by atoms with Crippen LogP contribution in [0, 0.1) is 0 Å². The van der Waals surface area contributed by atoms with E-state index >= 15 is 0 Å². The Morgan fingerprint density at radius 3 is 2.38 bits per heavy atom. The molecule has 2 aliphatic rings. The number of carbonyl (C=O) groups is 3. The van der Waals surface area contributed by atoms with Gasteiger partial charge in [-0.2, -0.15) is 0 Å². The number of phenolic OH excluding ortho intramolecular Hbond substituents is 2. The third kappa shape index (κ3) is 2.43. The van der Waals surface area contributed by atoms with Crippen molar-refractivity contribution in [2.24, 2.45) is 0 Å². The molecule has 4 rings (SSSR count). The van der Waals surface area contributed by atoms with Crippen LogP contribution in [-0.2, 0) is 11.2 Å². The van der Waals surface area contributed by atoms with Crippen LogP contribution in [0.5, 0.6) is 17.2 Å². The second kappa shape index (κ2) is 6.13. The van der Waals surface area contributed by atoms with Gasteiger partial charge in [-0.1, -0.05) is 12.1 Å². The third-order valence-electron chi connectivity index (χ3n) is 5.75. The summed E-state index contributed by atoms with van der Waals surface area (Å²) in [5.74, 6) is -3.23. The van der Waals surface area contributed by atoms with Gasteiger partial charge in [-0.05, 0) is 13.0 Å². The first-order chi connectivity index (χ1) is 13.6. The van der Waals surface area contributed by atoms with Gasteiger partial charge in [-0.15, -0.1) is 0 Å². The van der Waals surface area contributed by atoms with Crippen LogP contribution in [0.3, 0.4) is 0 Å². The fraction of sp³-hybridized carbons (Fsp3) is 0.286. The summed E-state index contributed by atoms with van der Waals surface area (Å²) in [6.45, 7) is 1.14. The van der Waals surface area contributed by atoms with E-state index in [4.69, 9.17) is 4.74 Å². The van der Waals surface area contributed by atoms with Crippen molar-refractivity contribution in [3.8, 4) is 17.2 Å². The van der Waals surface area contributed by atoms with Crippen molar-refractivity contribution in [2.75, 3.05) is 7.11 Å². The van der Waals surface area contributed by atoms with E-state index in [9.17, 15) is 34.8 Å². The number of benzene rings is 2. The maximum atomic E-state index is 13.1. The second-order valence-corrected chi connectivity index (χ2v) is 7.36. The van der Waals surface area contributed by atoms with Crippen molar-refractivity contribution in [1.82, 2.24) is 0 Å². The SMILES string of the molecule is COc1cccc2c1C(=O)c1c(O)c3c(c(O)c1C2=O)C[C@](O)(C(C)=O)C[C@@H]3O. The summed E-state index contributed by atoms with van der Waals surface area (Å²) in [6.07, 6.45) is -2.34. The summed E-state index contributed by atoms with van der Waals surface area (Å²) in [5.41, 5.74) is -3.19. The fourth-order valence-electron chi connectivity index (χ4n) is 4.21. The molecule has 0 amide bonds. The van der Waals surface area contributed by atoms with Crippen molar-refractivity contribution < 1.29 is 39.5 Å². The Hall–Kier alpha value is -3.23. The molecule has 150 valence electrons. The van der Waals surface area contributed by atoms with Gasteiger partial charge >= 0.3 is 0 Å². The van der Waals surface area contributed by atoms with Crippen LogP contribution in [0.25, 0.3) is 0 Å². The van der Waals surface area contributed by atoms with E-state index in [1.54, 1.807) is 0 Å². The Balaban J connectivity index is 2.04. The third-order valence-corrected chi connectivity index (χ3v) is 5.75. The first kappa shape index (κ1) is 19.1. The van der Waals surface area contributed by atoms with Gasteiger partial charge < -0.3 is 25.2 Å². The number of fused-ring (bicyclic) bond motifs is 3. The Bertz CT molecular complexity index is 1120. The van der Waals surface area contributed by atoms with Crippen LogP contribution in [-0.4, -0.2) is 50.5 Å². The lowest BCUT2D eigenvalue weighted by Crippen LogP contribution is -2.44. The van der Waals surface area contributed by atoms with Gasteiger partial charge in [0.15, 0.2) is 11.6 Å². The summed E-state index contributed by atoms with van der Waals surface area (Å²) < 4.78 is 5.17. The van der Waals surface area contributed by atoms with Gasteiger partial charge in [-0.3, -0.25) is 14.4 Å². The van der Waals surface area contributed by atoms with Gasteiger partial charge in [0, 0.05) is 29.5 Å². The predicted molar refractivity (Wildman–Crippen MR) is 98.5 cm³/mol. The van der Waals surface area contributed by atoms with Crippen LogP contribution in [0.2, 0.25) is 0 Å². The number of phenols is 2. The molecule has 4 N–H and O–H groups in total. The molecule has 0 bridgehead atoms. The fourth-order valence-corrected chi connectivity index (χ4v) is 4.21. The quantitative estimate of drug-likeness (QED) is 0.472. The number of hydrogen-bond acceptors (Lipinski definition) is 8. The number of aliphatic hydroxyl groups excluding tert-OH is 1. The molecule has 2 aromatic rings. The highest BCUT2D eigenvalue weighted by atomic mass is 16.5. The number of rotatable bonds is 2. The van der Waals surface area contributed by atoms with E-state index in [1.807, 2.05) is 0 Å². The molecule has 2 atom stereocenters. The van der Waals surface area contributed by atoms with Crippen LogP contribution in [0.15, 0.2) is 18.2 Å². The molecule has 0 saturated carbocycles. The number of aliphatic hydroxyl groups is 2. The zero-order valence-electron chi connectivity index (χ0n) is 15.6. The molecule has 2 aromatic carbocycles. The number of aromatic hydroxyl groups is 2. The molecular weight excluding hydrogens is 380 g/mol. The van der Waals surface area contributed by atoms with Crippen LogP contribution in [0.1, 0.15) is 62.4 Å². The topological polar surface area (TPSA) is 141 Å². The van der Waals surface area contributed by atoms with Crippen molar-refractivity contribution >= 4 is 17.3 Å². The van der Waals surface area contributed by atoms with Gasteiger partial charge in [0.1, 0.15) is 22.8 Å². The van der Waals surface area contributed by atoms with E-state index in [0.29, 0.717) is 0 Å². The van der Waals surface area contributed by atoms with E-state index in [2.05, 4.69) is 0 Å². The van der Waals surface area contributed by atoms with Crippen molar-refractivity contribution in [3.63, 3.8) is 0 Å². The highest BCUT2D eigenvalue weighted by Crippen LogP contribution is 2.50. The molecule has 0 fully saturated rings. The minimum absolute atomic E-state index is 0.00492. The van der Waals surface area contributed by atoms with Gasteiger partial charge in [0.05, 0.1) is 29.9 Å². The Morgan fingerprint density at radius 2 is 1.76 bits per heavy atom. The van der Waals surface area contributed by atoms with E-state index < -0.39 is 64.5 Å². The normalized spacial score (nSPS) is 22.6. The molecule has 0 spiro atoms. The monoisotopic (exact) mass is 398 g/mol. The Labute approximate surface area is 165 Å². The maximum absolute atomic E-state index is 13.1. The average Bonchev–Trinajstić information content (AvgIpc) is 2.67. The number of Topliss-reactive ketones (excluding diaryl/α,β-unsaturated/α-hetero) is 1. The molecule has 2 aliphatic carbocycles. The molecule has 0 saturated heterocycles. The summed E-state index contributed by atoms with van der Waals surface area (Å²) >= 11 is 0. The smallest absolute Gasteiger partial charge is 0.202 e. The first-order valence-electron chi connectivity index (χ1n) is 8.91. The van der Waals surface area contributed by atoms with Crippen molar-refractivity contribution in [3.05, 3.63) is 51.6 Å². The number of ketones is 3. The summed E-state index contributed by atoms with van der Waals surface area (Å²) in [5, 5.41) is 42.7. The molecule has 8 heteroatoms. The lowest BCUT2D eigenvalue weighted by Gasteiger charge is -2.36. The van der Waals surface area contributed by atoms with E-state index in [1.165, 1.54) is 25.3 Å². The maximum Gasteiger partial charge on any atom is 0.202 e. The Kier molecular flexibility index (Phi) is 4.04. The summed E-state index contributed by atoms with van der Waals surface area (Å²) in [7, 11) is 1.33. The molecule has 0 radical (unpaired) electrons. The van der Waals surface area contributed by atoms with Crippen molar-refractivity contribution in [2.45, 2.75) is 31.5 Å². The molecule has 8 nitrogen and oxygen atoms in total. The van der Waals surface area contributed by atoms with E-state index in [-0.39, 0.29) is 28.0 Å². The number of methoxy groups -OCH3 is 1. The zero-order chi connectivity index (χ0) is 21.2. The number of carbonyl (C=O) groups excluding carboxylic acids is 3. The number of hydrogen-bond donors (Lipinski definition) is 4. The largest absolute Gasteiger partial charge is 0.507 e. The minimum Gasteiger partial charge on any atom is -0.507 e. The lowest BCUT2D eigenvalue weighted by atomic mass is 9.72. The summed E-state index contributed by atoms with van der Waals surface area (Å²) in [4.78, 5) is 38.1. The Morgan fingerprint density at radius 1 is 1.10 bits per heavy atom. The van der Waals surface area contributed by atoms with E-state index in [0.717, 1.165) is 6.92 Å². The van der Waals surface area contributed by atoms with Crippen LogP contribution < -0.4 is 4.74 Å². The molecule has 0 unspecified atom stereocenters. The van der Waals surface area contributed by atoms with Crippen LogP contribution in [0.4, 0.5) is 0 Å². The van der Waals surface area contributed by atoms with Gasteiger partial charge in [0.25, 0.3) is 0 Å². The average molecular weight is 398 g/mol. The second-order valence-electron chi connectivity index (χ2n) is 7.36. The highest BCUT2D eigenvalue weighted by Gasteiger charge is 2.47. The molecular formula is C21H18O8. The zero-order valence-corrected chi connectivity index (χ0v) is 15.6. The standard InChI is InChI=1S/C21H18O8/c1-8(22)21(28)6-10-13(11(23)7-21)19(26)16-15(18(10)25)17(24)9-4-3-5-12(29-2)14(9)20(16)27/h3-5,11,23,25-26,28H,6-7H2,1-2H3/t11-,21+/m0/s1. The first-order valence-corrected chi connectivity index (χ1v) is 8.91. The van der Waals surface area contributed by atoms with Gasteiger partial charge in [0.2, 0.25) is 5.78 Å². The molecule has 29 heavy (non-hydrogen) atoms. The van der Waals surface area contributed by atoms with Crippen molar-refractivity contribution in [1.29, 1.82) is 0 Å². The predicted octanol–water partition coefficient (Wildman–Crippen LogP) is 1.18. The molecule has 0 heterocycles. The lowest BCUT2D eigenvalue weighted by molar-refractivity contribution is -0.139. The van der Waals surface area contributed by atoms with Crippen LogP contribution >= 0.6 is 0 Å². The summed E-state index contributed by atoms with van der Waals surface area (Å²) in [6, 6.07) is 4.41. The highest BCUT2D eigenvalue weighted by molar-refractivity contribution is 6.31. The minimum atomic E-state index is -1.96. The number of ether oxygens (including phenoxy) is 1.